The summed E-state index contributed by atoms with van der Waals surface area (Å²) in [5, 5.41) is 8.82. The Morgan fingerprint density at radius 2 is 1.88 bits per heavy atom. The van der Waals surface area contributed by atoms with Gasteiger partial charge in [-0.05, 0) is 62.7 Å². The van der Waals surface area contributed by atoms with E-state index in [-0.39, 0.29) is 11.4 Å². The highest BCUT2D eigenvalue weighted by molar-refractivity contribution is 5.89. The van der Waals surface area contributed by atoms with Gasteiger partial charge in [0.1, 0.15) is 5.82 Å². The average Bonchev–Trinajstić information content (AvgIpc) is 2.58. The molecule has 0 aliphatic carbocycles. The number of rotatable bonds is 2. The average molecular weight is 333 g/mol. The van der Waals surface area contributed by atoms with Crippen LogP contribution in [0, 0.1) is 17.1 Å². The van der Waals surface area contributed by atoms with Gasteiger partial charge in [0.2, 0.25) is 0 Å². The number of benzene rings is 2. The number of halogens is 1. The SMILES string of the molecule is CC1=CC(C)(C)N(C)c2cc(F)c(C=Nc3ccc(C#N)cc3)cc21. The monoisotopic (exact) mass is 333 g/mol. The van der Waals surface area contributed by atoms with E-state index in [2.05, 4.69) is 35.9 Å². The fourth-order valence-corrected chi connectivity index (χ4v) is 3.05. The van der Waals surface area contributed by atoms with Crippen molar-refractivity contribution in [2.75, 3.05) is 11.9 Å². The van der Waals surface area contributed by atoms with Gasteiger partial charge in [-0.1, -0.05) is 6.08 Å². The molecule has 0 amide bonds. The molecular formula is C21H20FN3. The third kappa shape index (κ3) is 3.18. The summed E-state index contributed by atoms with van der Waals surface area (Å²) < 4.78 is 14.6. The van der Waals surface area contributed by atoms with Gasteiger partial charge in [0.15, 0.2) is 0 Å². The van der Waals surface area contributed by atoms with Crippen LogP contribution in [0.15, 0.2) is 47.5 Å². The predicted octanol–water partition coefficient (Wildman–Crippen LogP) is 5.08. The van der Waals surface area contributed by atoms with Crippen molar-refractivity contribution in [3.63, 3.8) is 0 Å². The van der Waals surface area contributed by atoms with Crippen LogP contribution in [-0.2, 0) is 0 Å². The molecule has 1 heterocycles. The number of hydrogen-bond acceptors (Lipinski definition) is 3. The maximum absolute atomic E-state index is 14.6. The first-order chi connectivity index (χ1) is 11.8. The van der Waals surface area contributed by atoms with Gasteiger partial charge in [0.25, 0.3) is 0 Å². The van der Waals surface area contributed by atoms with Crippen molar-refractivity contribution in [2.45, 2.75) is 26.3 Å². The third-order valence-electron chi connectivity index (χ3n) is 4.68. The van der Waals surface area contributed by atoms with Gasteiger partial charge in [0, 0.05) is 30.1 Å². The summed E-state index contributed by atoms with van der Waals surface area (Å²) in [6, 6.07) is 12.4. The fraction of sp³-hybridized carbons (Fsp3) is 0.238. The summed E-state index contributed by atoms with van der Waals surface area (Å²) in [5.41, 5.74) is 4.59. The molecule has 1 aliphatic heterocycles. The number of anilines is 1. The number of hydrogen-bond donors (Lipinski definition) is 0. The van der Waals surface area contributed by atoms with Crippen LogP contribution in [0.5, 0.6) is 0 Å². The topological polar surface area (TPSA) is 39.4 Å². The van der Waals surface area contributed by atoms with Crippen LogP contribution in [0.1, 0.15) is 37.5 Å². The van der Waals surface area contributed by atoms with Crippen LogP contribution >= 0.6 is 0 Å². The maximum atomic E-state index is 14.6. The normalized spacial score (nSPS) is 15.7. The van der Waals surface area contributed by atoms with E-state index in [1.54, 1.807) is 30.3 Å². The van der Waals surface area contributed by atoms with E-state index in [0.29, 0.717) is 16.8 Å². The van der Waals surface area contributed by atoms with E-state index in [9.17, 15) is 4.39 Å². The molecule has 126 valence electrons. The van der Waals surface area contributed by atoms with Gasteiger partial charge < -0.3 is 4.90 Å². The Bertz CT molecular complexity index is 915. The summed E-state index contributed by atoms with van der Waals surface area (Å²) in [7, 11) is 1.98. The van der Waals surface area contributed by atoms with Gasteiger partial charge in [-0.2, -0.15) is 5.26 Å². The van der Waals surface area contributed by atoms with E-state index in [1.807, 2.05) is 20.0 Å². The largest absolute Gasteiger partial charge is 0.365 e. The highest BCUT2D eigenvalue weighted by Crippen LogP contribution is 2.38. The molecule has 3 rings (SSSR count). The Hall–Kier alpha value is -2.93. The molecule has 2 aromatic rings. The van der Waals surface area contributed by atoms with Crippen LogP contribution in [0.25, 0.3) is 5.57 Å². The van der Waals surface area contributed by atoms with E-state index in [1.165, 1.54) is 6.21 Å². The summed E-state index contributed by atoms with van der Waals surface area (Å²) >= 11 is 0. The van der Waals surface area contributed by atoms with Crippen LogP contribution in [0.4, 0.5) is 15.8 Å². The minimum atomic E-state index is -0.298. The highest BCUT2D eigenvalue weighted by atomic mass is 19.1. The summed E-state index contributed by atoms with van der Waals surface area (Å²) in [6.07, 6.45) is 3.72. The van der Waals surface area contributed by atoms with Crippen LogP contribution in [0.3, 0.4) is 0 Å². The van der Waals surface area contributed by atoms with Crippen molar-refractivity contribution in [1.29, 1.82) is 5.26 Å². The number of fused-ring (bicyclic) bond motifs is 1. The van der Waals surface area contributed by atoms with Gasteiger partial charge in [-0.25, -0.2) is 4.39 Å². The molecule has 4 heteroatoms. The van der Waals surface area contributed by atoms with Crippen molar-refractivity contribution in [2.24, 2.45) is 4.99 Å². The maximum Gasteiger partial charge on any atom is 0.134 e. The Morgan fingerprint density at radius 3 is 2.52 bits per heavy atom. The van der Waals surface area contributed by atoms with E-state index in [4.69, 9.17) is 5.26 Å². The molecule has 0 bridgehead atoms. The first-order valence-corrected chi connectivity index (χ1v) is 8.13. The fourth-order valence-electron chi connectivity index (χ4n) is 3.05. The number of nitriles is 1. The lowest BCUT2D eigenvalue weighted by atomic mass is 9.88. The first-order valence-electron chi connectivity index (χ1n) is 8.13. The summed E-state index contributed by atoms with van der Waals surface area (Å²) in [5.74, 6) is -0.298. The van der Waals surface area contributed by atoms with Crippen molar-refractivity contribution in [3.8, 4) is 6.07 Å². The Labute approximate surface area is 147 Å². The molecule has 3 nitrogen and oxygen atoms in total. The molecular weight excluding hydrogens is 313 g/mol. The van der Waals surface area contributed by atoms with E-state index in [0.717, 1.165) is 16.8 Å². The lowest BCUT2D eigenvalue weighted by molar-refractivity contribution is 0.589. The number of allylic oxidation sites excluding steroid dienone is 1. The minimum Gasteiger partial charge on any atom is -0.365 e. The number of likely N-dealkylation sites (N-methyl/N-ethyl adjacent to an activating group) is 1. The zero-order valence-corrected chi connectivity index (χ0v) is 14.8. The molecule has 1 aliphatic rings. The summed E-state index contributed by atoms with van der Waals surface area (Å²) in [6.45, 7) is 6.27. The number of nitrogens with zero attached hydrogens (tertiary/aromatic N) is 3. The Morgan fingerprint density at radius 1 is 1.20 bits per heavy atom. The van der Waals surface area contributed by atoms with Gasteiger partial charge in [-0.15, -0.1) is 0 Å². The lowest BCUT2D eigenvalue weighted by Crippen LogP contribution is -2.42. The lowest BCUT2D eigenvalue weighted by Gasteiger charge is -2.40. The predicted molar refractivity (Wildman–Crippen MR) is 101 cm³/mol. The molecule has 0 aromatic heterocycles. The molecule has 0 saturated carbocycles. The minimum absolute atomic E-state index is 0.151. The van der Waals surface area contributed by atoms with Gasteiger partial charge >= 0.3 is 0 Å². The van der Waals surface area contributed by atoms with Crippen LogP contribution in [-0.4, -0.2) is 18.8 Å². The molecule has 0 fully saturated rings. The quantitative estimate of drug-likeness (QED) is 0.719. The van der Waals surface area contributed by atoms with E-state index < -0.39 is 0 Å². The molecule has 0 atom stereocenters. The first kappa shape index (κ1) is 16.9. The Kier molecular flexibility index (Phi) is 4.18. The molecule has 0 saturated heterocycles. The molecule has 25 heavy (non-hydrogen) atoms. The smallest absolute Gasteiger partial charge is 0.134 e. The Balaban J connectivity index is 1.98. The van der Waals surface area contributed by atoms with E-state index >= 15 is 0 Å². The standard InChI is InChI=1S/C21H20FN3/c1-14-11-21(2,3)25(4)20-10-19(22)16(9-18(14)20)13-24-17-7-5-15(12-23)6-8-17/h5-11,13H,1-4H3. The van der Waals surface area contributed by atoms with Gasteiger partial charge in [-0.3, -0.25) is 4.99 Å². The van der Waals surface area contributed by atoms with Crippen molar-refractivity contribution < 1.29 is 4.39 Å². The van der Waals surface area contributed by atoms with Crippen molar-refractivity contribution in [1.82, 2.24) is 0 Å². The molecule has 0 N–H and O–H groups in total. The number of aliphatic imine (C=N–C) groups is 1. The second-order valence-corrected chi connectivity index (χ2v) is 6.85. The highest BCUT2D eigenvalue weighted by Gasteiger charge is 2.29. The van der Waals surface area contributed by atoms with Crippen molar-refractivity contribution in [3.05, 3.63) is 65.0 Å². The second-order valence-electron chi connectivity index (χ2n) is 6.85. The third-order valence-corrected chi connectivity index (χ3v) is 4.68. The second kappa shape index (κ2) is 6.18. The summed E-state index contributed by atoms with van der Waals surface area (Å²) in [4.78, 5) is 6.41. The molecule has 0 radical (unpaired) electrons. The van der Waals surface area contributed by atoms with Gasteiger partial charge in [0.05, 0.1) is 22.9 Å². The van der Waals surface area contributed by atoms with Crippen LogP contribution in [0.2, 0.25) is 0 Å². The molecule has 0 spiro atoms. The molecule has 0 unspecified atom stereocenters. The van der Waals surface area contributed by atoms with Crippen LogP contribution < -0.4 is 4.90 Å². The van der Waals surface area contributed by atoms with Crippen molar-refractivity contribution >= 4 is 23.2 Å². The zero-order valence-electron chi connectivity index (χ0n) is 14.8. The zero-order chi connectivity index (χ0) is 18.2. The molecule has 2 aromatic carbocycles.